The Labute approximate surface area is 115 Å². The summed E-state index contributed by atoms with van der Waals surface area (Å²) in [6.07, 6.45) is 0. The fraction of sp³-hybridized carbons (Fsp3) is 0.462. The van der Waals surface area contributed by atoms with E-state index in [2.05, 4.69) is 21.2 Å². The third-order valence-electron chi connectivity index (χ3n) is 2.85. The Balaban J connectivity index is 2.58. The van der Waals surface area contributed by atoms with Crippen molar-refractivity contribution >= 4 is 21.7 Å². The van der Waals surface area contributed by atoms with Gasteiger partial charge in [-0.05, 0) is 35.0 Å². The quantitative estimate of drug-likeness (QED) is 0.868. The Bertz CT molecular complexity index is 486. The summed E-state index contributed by atoms with van der Waals surface area (Å²) < 4.78 is 11.7. The highest BCUT2D eigenvalue weighted by Crippen LogP contribution is 2.46. The summed E-state index contributed by atoms with van der Waals surface area (Å²) in [6.45, 7) is 4.60. The lowest BCUT2D eigenvalue weighted by Crippen LogP contribution is -2.20. The number of benzene rings is 1. The maximum atomic E-state index is 12.1. The third kappa shape index (κ3) is 2.24. The number of ether oxygens (including phenoxy) is 2. The summed E-state index contributed by atoms with van der Waals surface area (Å²) >= 11 is 3.42. The molecule has 4 nitrogen and oxygen atoms in total. The molecule has 1 N–H and O–H groups in total. The van der Waals surface area contributed by atoms with Crippen molar-refractivity contribution < 1.29 is 14.3 Å². The Hall–Kier alpha value is -1.07. The van der Waals surface area contributed by atoms with Crippen LogP contribution in [0.3, 0.4) is 0 Å². The number of fused-ring (bicyclic) bond motifs is 1. The fourth-order valence-corrected chi connectivity index (χ4v) is 2.63. The first-order valence-electron chi connectivity index (χ1n) is 5.86. The van der Waals surface area contributed by atoms with Gasteiger partial charge in [0.2, 0.25) is 6.79 Å². The Kier molecular flexibility index (Phi) is 3.92. The lowest BCUT2D eigenvalue weighted by molar-refractivity contribution is 0.0991. The van der Waals surface area contributed by atoms with Crippen molar-refractivity contribution in [2.24, 2.45) is 0 Å². The summed E-state index contributed by atoms with van der Waals surface area (Å²) in [5, 5.41) is 2.88. The number of rotatable bonds is 4. The molecular formula is C13H16BrNO3. The minimum absolute atomic E-state index is 0.0557. The molecule has 0 fully saturated rings. The molecule has 0 radical (unpaired) electrons. The zero-order valence-electron chi connectivity index (χ0n) is 10.7. The van der Waals surface area contributed by atoms with E-state index in [0.717, 1.165) is 10.0 Å². The van der Waals surface area contributed by atoms with Gasteiger partial charge in [-0.25, -0.2) is 0 Å². The summed E-state index contributed by atoms with van der Waals surface area (Å²) in [5.74, 6) is 1.64. The Morgan fingerprint density at radius 3 is 2.72 bits per heavy atom. The standard InChI is InChI=1S/C13H16BrNO3/c1-7(2)11-8(10(16)5-15-3)4-9(14)12-13(11)18-6-17-12/h4,7,15H,5-6H2,1-3H3. The SMILES string of the molecule is CNCC(=O)c1cc(Br)c2c(c1C(C)C)OCO2. The van der Waals surface area contributed by atoms with E-state index in [9.17, 15) is 4.79 Å². The second-order valence-electron chi connectivity index (χ2n) is 4.49. The van der Waals surface area contributed by atoms with Crippen molar-refractivity contribution in [2.75, 3.05) is 20.4 Å². The van der Waals surface area contributed by atoms with Crippen molar-refractivity contribution in [3.63, 3.8) is 0 Å². The van der Waals surface area contributed by atoms with E-state index in [1.165, 1.54) is 0 Å². The molecular weight excluding hydrogens is 298 g/mol. The summed E-state index contributed by atoms with van der Waals surface area (Å²) in [5.41, 5.74) is 1.61. The summed E-state index contributed by atoms with van der Waals surface area (Å²) in [4.78, 5) is 12.1. The van der Waals surface area contributed by atoms with Crippen LogP contribution >= 0.6 is 15.9 Å². The molecule has 0 unspecified atom stereocenters. The van der Waals surface area contributed by atoms with Crippen molar-refractivity contribution in [1.29, 1.82) is 0 Å². The van der Waals surface area contributed by atoms with E-state index < -0.39 is 0 Å². The minimum atomic E-state index is 0.0557. The number of carbonyl (C=O) groups excluding carboxylic acids is 1. The predicted molar refractivity (Wildman–Crippen MR) is 72.6 cm³/mol. The van der Waals surface area contributed by atoms with Gasteiger partial charge in [-0.15, -0.1) is 0 Å². The number of hydrogen-bond acceptors (Lipinski definition) is 4. The smallest absolute Gasteiger partial charge is 0.231 e. The highest BCUT2D eigenvalue weighted by atomic mass is 79.9. The summed E-state index contributed by atoms with van der Waals surface area (Å²) in [6, 6.07) is 1.82. The van der Waals surface area contributed by atoms with Gasteiger partial charge >= 0.3 is 0 Å². The lowest BCUT2D eigenvalue weighted by atomic mass is 9.93. The van der Waals surface area contributed by atoms with Crippen molar-refractivity contribution in [1.82, 2.24) is 5.32 Å². The van der Waals surface area contributed by atoms with Gasteiger partial charge in [-0.2, -0.15) is 0 Å². The van der Waals surface area contributed by atoms with Crippen LogP contribution in [-0.4, -0.2) is 26.2 Å². The van der Waals surface area contributed by atoms with E-state index in [1.54, 1.807) is 7.05 Å². The van der Waals surface area contributed by atoms with Gasteiger partial charge in [0, 0.05) is 11.1 Å². The zero-order valence-corrected chi connectivity index (χ0v) is 12.3. The number of ketones is 1. The van der Waals surface area contributed by atoms with Crippen LogP contribution in [0.4, 0.5) is 0 Å². The number of carbonyl (C=O) groups is 1. The first-order valence-corrected chi connectivity index (χ1v) is 6.65. The van der Waals surface area contributed by atoms with Crippen LogP contribution in [-0.2, 0) is 0 Å². The first-order chi connectivity index (χ1) is 8.56. The number of Topliss-reactive ketones (excluding diaryl/α,β-unsaturated/α-hetero) is 1. The first kappa shape index (κ1) is 13.4. The molecule has 0 aliphatic carbocycles. The van der Waals surface area contributed by atoms with Gasteiger partial charge in [0.1, 0.15) is 0 Å². The molecule has 1 aliphatic rings. The molecule has 98 valence electrons. The molecule has 1 heterocycles. The van der Waals surface area contributed by atoms with Gasteiger partial charge in [-0.3, -0.25) is 4.79 Å². The summed E-state index contributed by atoms with van der Waals surface area (Å²) in [7, 11) is 1.76. The number of hydrogen-bond donors (Lipinski definition) is 1. The van der Waals surface area contributed by atoms with E-state index in [-0.39, 0.29) is 18.5 Å². The molecule has 0 saturated heterocycles. The number of likely N-dealkylation sites (N-methyl/N-ethyl adjacent to an activating group) is 1. The van der Waals surface area contributed by atoms with Crippen LogP contribution in [0, 0.1) is 0 Å². The van der Waals surface area contributed by atoms with E-state index >= 15 is 0 Å². The van der Waals surface area contributed by atoms with Gasteiger partial charge in [0.15, 0.2) is 17.3 Å². The van der Waals surface area contributed by atoms with Crippen molar-refractivity contribution in [2.45, 2.75) is 19.8 Å². The molecule has 0 bridgehead atoms. The third-order valence-corrected chi connectivity index (χ3v) is 3.44. The molecule has 0 spiro atoms. The topological polar surface area (TPSA) is 47.6 Å². The van der Waals surface area contributed by atoms with Crippen LogP contribution in [0.5, 0.6) is 11.5 Å². The maximum Gasteiger partial charge on any atom is 0.231 e. The van der Waals surface area contributed by atoms with Gasteiger partial charge in [0.25, 0.3) is 0 Å². The second-order valence-corrected chi connectivity index (χ2v) is 5.35. The monoisotopic (exact) mass is 313 g/mol. The fourth-order valence-electron chi connectivity index (χ4n) is 2.11. The molecule has 1 aliphatic heterocycles. The van der Waals surface area contributed by atoms with Crippen LogP contribution in [0.15, 0.2) is 10.5 Å². The lowest BCUT2D eigenvalue weighted by Gasteiger charge is -2.15. The van der Waals surface area contributed by atoms with E-state index in [4.69, 9.17) is 9.47 Å². The molecule has 0 aromatic heterocycles. The van der Waals surface area contributed by atoms with Crippen LogP contribution < -0.4 is 14.8 Å². The molecule has 0 amide bonds. The van der Waals surface area contributed by atoms with E-state index in [0.29, 0.717) is 23.6 Å². The van der Waals surface area contributed by atoms with Crippen molar-refractivity contribution in [3.8, 4) is 11.5 Å². The molecule has 0 atom stereocenters. The van der Waals surface area contributed by atoms with Gasteiger partial charge < -0.3 is 14.8 Å². The van der Waals surface area contributed by atoms with Crippen LogP contribution in [0.25, 0.3) is 0 Å². The van der Waals surface area contributed by atoms with Gasteiger partial charge in [0.05, 0.1) is 11.0 Å². The zero-order chi connectivity index (χ0) is 13.3. The molecule has 0 saturated carbocycles. The minimum Gasteiger partial charge on any atom is -0.453 e. The molecule has 1 aromatic carbocycles. The molecule has 18 heavy (non-hydrogen) atoms. The number of nitrogens with one attached hydrogen (secondary N) is 1. The average Bonchev–Trinajstić information content (AvgIpc) is 2.77. The normalized spacial score (nSPS) is 13.2. The molecule has 1 aromatic rings. The van der Waals surface area contributed by atoms with E-state index in [1.807, 2.05) is 19.9 Å². The highest BCUT2D eigenvalue weighted by molar-refractivity contribution is 9.10. The largest absolute Gasteiger partial charge is 0.453 e. The van der Waals surface area contributed by atoms with Crippen LogP contribution in [0.1, 0.15) is 35.7 Å². The van der Waals surface area contributed by atoms with Crippen LogP contribution in [0.2, 0.25) is 0 Å². The maximum absolute atomic E-state index is 12.1. The predicted octanol–water partition coefficient (Wildman–Crippen LogP) is 2.70. The Morgan fingerprint density at radius 1 is 1.44 bits per heavy atom. The Morgan fingerprint density at radius 2 is 2.11 bits per heavy atom. The molecule has 2 rings (SSSR count). The average molecular weight is 314 g/mol. The van der Waals surface area contributed by atoms with Gasteiger partial charge in [-0.1, -0.05) is 13.8 Å². The second kappa shape index (κ2) is 5.28. The highest BCUT2D eigenvalue weighted by Gasteiger charge is 2.27. The molecule has 5 heteroatoms. The number of halogens is 1. The van der Waals surface area contributed by atoms with Crippen molar-refractivity contribution in [3.05, 3.63) is 21.7 Å².